The van der Waals surface area contributed by atoms with E-state index >= 15 is 0 Å². The number of nitrogens with one attached hydrogen (secondary N) is 1. The third-order valence-electron chi connectivity index (χ3n) is 4.23. The van der Waals surface area contributed by atoms with Gasteiger partial charge < -0.3 is 5.32 Å². The first kappa shape index (κ1) is 16.1. The lowest BCUT2D eigenvalue weighted by molar-refractivity contribution is -0.122. The Morgan fingerprint density at radius 3 is 2.74 bits per heavy atom. The molecular formula is C17H18ClN3OS. The van der Waals surface area contributed by atoms with E-state index in [1.807, 2.05) is 39.0 Å². The van der Waals surface area contributed by atoms with Crippen molar-refractivity contribution in [3.05, 3.63) is 44.2 Å². The SMILES string of the molecule is CCNc1cc(C)c2c(n1)C(CC)(c1ccc(Cl)s1)C(=O)N=C2. The smallest absolute Gasteiger partial charge is 0.263 e. The van der Waals surface area contributed by atoms with E-state index in [4.69, 9.17) is 16.6 Å². The van der Waals surface area contributed by atoms with Gasteiger partial charge in [0, 0.05) is 23.2 Å². The summed E-state index contributed by atoms with van der Waals surface area (Å²) in [4.78, 5) is 22.6. The molecule has 0 saturated carbocycles. The lowest BCUT2D eigenvalue weighted by Gasteiger charge is -2.32. The molecule has 3 heterocycles. The first-order valence-corrected chi connectivity index (χ1v) is 8.82. The first-order chi connectivity index (χ1) is 11.0. The molecule has 1 N–H and O–H groups in total. The van der Waals surface area contributed by atoms with Crippen molar-refractivity contribution in [1.29, 1.82) is 0 Å². The molecule has 0 bridgehead atoms. The molecule has 3 rings (SSSR count). The molecule has 1 atom stereocenters. The Hall–Kier alpha value is -1.72. The molecule has 1 aliphatic heterocycles. The molecule has 0 fully saturated rings. The van der Waals surface area contributed by atoms with Gasteiger partial charge in [0.1, 0.15) is 11.2 Å². The molecule has 4 nitrogen and oxygen atoms in total. The maximum Gasteiger partial charge on any atom is 0.263 e. The molecule has 23 heavy (non-hydrogen) atoms. The Bertz CT molecular complexity index is 799. The number of amides is 1. The standard InChI is InChI=1S/C17H18ClN3OS/c1-4-17(12-6-7-13(18)23-12)15-11(9-20-16(17)22)10(3)8-14(21-15)19-5-2/h6-9H,4-5H2,1-3H3,(H,19,21). The van der Waals surface area contributed by atoms with Gasteiger partial charge in [-0.1, -0.05) is 18.5 Å². The quantitative estimate of drug-likeness (QED) is 0.902. The molecule has 0 spiro atoms. The zero-order chi connectivity index (χ0) is 16.6. The van der Waals surface area contributed by atoms with Crippen LogP contribution in [0.25, 0.3) is 0 Å². The molecular weight excluding hydrogens is 330 g/mol. The number of halogens is 1. The van der Waals surface area contributed by atoms with Crippen molar-refractivity contribution in [2.24, 2.45) is 4.99 Å². The molecule has 120 valence electrons. The van der Waals surface area contributed by atoms with Gasteiger partial charge in [0.05, 0.1) is 10.0 Å². The number of aromatic nitrogens is 1. The van der Waals surface area contributed by atoms with Gasteiger partial charge in [0.15, 0.2) is 0 Å². The summed E-state index contributed by atoms with van der Waals surface area (Å²) in [5.41, 5.74) is 1.91. The zero-order valence-electron chi connectivity index (χ0n) is 13.3. The van der Waals surface area contributed by atoms with Gasteiger partial charge in [-0.05, 0) is 44.0 Å². The molecule has 0 aliphatic carbocycles. The Balaban J connectivity index is 2.30. The van der Waals surface area contributed by atoms with Crippen molar-refractivity contribution >= 4 is 40.9 Å². The summed E-state index contributed by atoms with van der Waals surface area (Å²) in [7, 11) is 0. The van der Waals surface area contributed by atoms with Gasteiger partial charge in [-0.15, -0.1) is 11.3 Å². The van der Waals surface area contributed by atoms with E-state index in [-0.39, 0.29) is 5.91 Å². The molecule has 0 saturated heterocycles. The average molecular weight is 348 g/mol. The number of pyridine rings is 1. The topological polar surface area (TPSA) is 54.4 Å². The van der Waals surface area contributed by atoms with Crippen LogP contribution in [0.4, 0.5) is 5.82 Å². The maximum atomic E-state index is 12.8. The van der Waals surface area contributed by atoms with Gasteiger partial charge in [-0.25, -0.2) is 9.98 Å². The maximum absolute atomic E-state index is 12.8. The Labute approximate surface area is 144 Å². The van der Waals surface area contributed by atoms with Crippen molar-refractivity contribution in [3.63, 3.8) is 0 Å². The normalized spacial score (nSPS) is 19.7. The predicted octanol–water partition coefficient (Wildman–Crippen LogP) is 4.19. The summed E-state index contributed by atoms with van der Waals surface area (Å²) >= 11 is 7.54. The average Bonchev–Trinajstić information content (AvgIpc) is 2.95. The molecule has 1 aliphatic rings. The number of carbonyl (C=O) groups excluding carboxylic acids is 1. The van der Waals surface area contributed by atoms with Crippen LogP contribution < -0.4 is 5.32 Å². The van der Waals surface area contributed by atoms with Gasteiger partial charge in [-0.3, -0.25) is 4.79 Å². The number of aliphatic imine (C=N–C) groups is 1. The van der Waals surface area contributed by atoms with Crippen molar-refractivity contribution in [2.75, 3.05) is 11.9 Å². The summed E-state index contributed by atoms with van der Waals surface area (Å²) in [5, 5.41) is 3.24. The lowest BCUT2D eigenvalue weighted by atomic mass is 9.75. The van der Waals surface area contributed by atoms with Crippen LogP contribution in [0.15, 0.2) is 23.2 Å². The summed E-state index contributed by atoms with van der Waals surface area (Å²) < 4.78 is 0.663. The second kappa shape index (κ2) is 6.06. The van der Waals surface area contributed by atoms with E-state index in [2.05, 4.69) is 10.3 Å². The first-order valence-electron chi connectivity index (χ1n) is 7.63. The molecule has 1 unspecified atom stereocenters. The molecule has 2 aromatic rings. The van der Waals surface area contributed by atoms with Gasteiger partial charge in [-0.2, -0.15) is 0 Å². The minimum absolute atomic E-state index is 0.174. The van der Waals surface area contributed by atoms with Crippen molar-refractivity contribution in [3.8, 4) is 0 Å². The highest BCUT2D eigenvalue weighted by atomic mass is 35.5. The lowest BCUT2D eigenvalue weighted by Crippen LogP contribution is -2.39. The highest BCUT2D eigenvalue weighted by Crippen LogP contribution is 2.44. The van der Waals surface area contributed by atoms with Gasteiger partial charge in [0.25, 0.3) is 5.91 Å². The number of aryl methyl sites for hydroxylation is 1. The summed E-state index contributed by atoms with van der Waals surface area (Å²) in [6, 6.07) is 5.73. The number of rotatable bonds is 4. The van der Waals surface area contributed by atoms with E-state index in [1.54, 1.807) is 6.21 Å². The van der Waals surface area contributed by atoms with Crippen LogP contribution in [0, 0.1) is 6.92 Å². The minimum atomic E-state index is -0.849. The number of anilines is 1. The van der Waals surface area contributed by atoms with Crippen LogP contribution in [-0.4, -0.2) is 23.7 Å². The third kappa shape index (κ3) is 2.48. The van der Waals surface area contributed by atoms with Crippen molar-refractivity contribution in [1.82, 2.24) is 4.98 Å². The number of fused-ring (bicyclic) bond motifs is 1. The molecule has 0 radical (unpaired) electrons. The van der Waals surface area contributed by atoms with Crippen LogP contribution in [0.5, 0.6) is 0 Å². The number of hydrogen-bond acceptors (Lipinski definition) is 4. The van der Waals surface area contributed by atoms with Crippen LogP contribution in [0.2, 0.25) is 4.34 Å². The van der Waals surface area contributed by atoms with Crippen LogP contribution in [0.1, 0.15) is 42.0 Å². The number of carbonyl (C=O) groups is 1. The fourth-order valence-corrected chi connectivity index (χ4v) is 4.33. The highest BCUT2D eigenvalue weighted by molar-refractivity contribution is 7.16. The Kier molecular flexibility index (Phi) is 4.25. The largest absolute Gasteiger partial charge is 0.370 e. The molecule has 1 amide bonds. The van der Waals surface area contributed by atoms with E-state index in [0.29, 0.717) is 10.8 Å². The van der Waals surface area contributed by atoms with Crippen molar-refractivity contribution < 1.29 is 4.79 Å². The van der Waals surface area contributed by atoms with E-state index in [0.717, 1.165) is 34.1 Å². The monoisotopic (exact) mass is 347 g/mol. The number of hydrogen-bond donors (Lipinski definition) is 1. The zero-order valence-corrected chi connectivity index (χ0v) is 14.9. The van der Waals surface area contributed by atoms with E-state index in [1.165, 1.54) is 11.3 Å². The van der Waals surface area contributed by atoms with Crippen LogP contribution in [0.3, 0.4) is 0 Å². The van der Waals surface area contributed by atoms with E-state index < -0.39 is 5.41 Å². The second-order valence-corrected chi connectivity index (χ2v) is 7.26. The summed E-state index contributed by atoms with van der Waals surface area (Å²) in [6.07, 6.45) is 2.23. The van der Waals surface area contributed by atoms with Gasteiger partial charge in [0.2, 0.25) is 0 Å². The highest BCUT2D eigenvalue weighted by Gasteiger charge is 2.46. The predicted molar refractivity (Wildman–Crippen MR) is 96.1 cm³/mol. The fraction of sp³-hybridized carbons (Fsp3) is 0.353. The minimum Gasteiger partial charge on any atom is -0.370 e. The fourth-order valence-electron chi connectivity index (χ4n) is 3.04. The molecule has 0 aromatic carbocycles. The second-order valence-electron chi connectivity index (χ2n) is 5.54. The number of thiophene rings is 1. The third-order valence-corrected chi connectivity index (χ3v) is 5.62. The number of nitrogens with zero attached hydrogens (tertiary/aromatic N) is 2. The summed E-state index contributed by atoms with van der Waals surface area (Å²) in [6.45, 7) is 6.81. The van der Waals surface area contributed by atoms with E-state index in [9.17, 15) is 4.79 Å². The summed E-state index contributed by atoms with van der Waals surface area (Å²) in [5.74, 6) is 0.610. The Morgan fingerprint density at radius 2 is 2.13 bits per heavy atom. The van der Waals surface area contributed by atoms with Crippen molar-refractivity contribution in [2.45, 2.75) is 32.6 Å². The molecule has 2 aromatic heterocycles. The van der Waals surface area contributed by atoms with Gasteiger partial charge >= 0.3 is 0 Å². The van der Waals surface area contributed by atoms with Crippen LogP contribution >= 0.6 is 22.9 Å². The Morgan fingerprint density at radius 1 is 1.35 bits per heavy atom. The van der Waals surface area contributed by atoms with Crippen LogP contribution in [-0.2, 0) is 10.2 Å². The molecule has 6 heteroatoms.